The average Bonchev–Trinajstić information content (AvgIpc) is 2.22. The van der Waals surface area contributed by atoms with Crippen LogP contribution in [0.2, 0.25) is 0 Å². The molecule has 0 saturated carbocycles. The second kappa shape index (κ2) is 8.50. The number of hydrogen-bond donors (Lipinski definition) is 2. The minimum Gasteiger partial charge on any atom is -0.396 e. The fourth-order valence-corrected chi connectivity index (χ4v) is 1.09. The van der Waals surface area contributed by atoms with Gasteiger partial charge in [0.05, 0.1) is 13.2 Å². The molecule has 5 heteroatoms. The van der Waals surface area contributed by atoms with Crippen LogP contribution in [-0.4, -0.2) is 51.1 Å². The van der Waals surface area contributed by atoms with Crippen molar-refractivity contribution in [1.29, 1.82) is 0 Å². The van der Waals surface area contributed by atoms with Crippen LogP contribution in [0.3, 0.4) is 0 Å². The first kappa shape index (κ1) is 15.3. The highest BCUT2D eigenvalue weighted by atomic mass is 16.5. The highest BCUT2D eigenvalue weighted by Gasteiger charge is 2.17. The Morgan fingerprint density at radius 1 is 1.38 bits per heavy atom. The predicted octanol–water partition coefficient (Wildman–Crippen LogP) is 0.174. The third-order valence-electron chi connectivity index (χ3n) is 2.22. The molecule has 0 aromatic rings. The Morgan fingerprint density at radius 2 is 2.06 bits per heavy atom. The third kappa shape index (κ3) is 8.64. The van der Waals surface area contributed by atoms with Gasteiger partial charge in [0.25, 0.3) is 0 Å². The van der Waals surface area contributed by atoms with E-state index in [0.717, 1.165) is 0 Å². The first-order valence-electron chi connectivity index (χ1n) is 5.46. The molecule has 0 aliphatic heterocycles. The molecule has 0 unspecified atom stereocenters. The lowest BCUT2D eigenvalue weighted by atomic mass is 9.90. The van der Waals surface area contributed by atoms with Gasteiger partial charge in [0.15, 0.2) is 0 Å². The summed E-state index contributed by atoms with van der Waals surface area (Å²) in [5, 5.41) is 11.6. The molecular formula is C11H23NO4. The zero-order valence-electron chi connectivity index (χ0n) is 10.4. The van der Waals surface area contributed by atoms with E-state index in [0.29, 0.717) is 26.2 Å². The van der Waals surface area contributed by atoms with Gasteiger partial charge in [-0.3, -0.25) is 4.79 Å². The SMILES string of the molecule is COCCOCC(=O)NCC(C)(C)CCO. The Bertz CT molecular complexity index is 194. The van der Waals surface area contributed by atoms with Crippen LogP contribution < -0.4 is 5.32 Å². The molecule has 0 fully saturated rings. The van der Waals surface area contributed by atoms with Crippen molar-refractivity contribution < 1.29 is 19.4 Å². The van der Waals surface area contributed by atoms with E-state index in [9.17, 15) is 4.79 Å². The van der Waals surface area contributed by atoms with Crippen molar-refractivity contribution in [3.05, 3.63) is 0 Å². The van der Waals surface area contributed by atoms with Crippen LogP contribution in [0.4, 0.5) is 0 Å². The number of aliphatic hydroxyl groups excluding tert-OH is 1. The van der Waals surface area contributed by atoms with Crippen molar-refractivity contribution in [2.75, 3.05) is 40.1 Å². The fourth-order valence-electron chi connectivity index (χ4n) is 1.09. The van der Waals surface area contributed by atoms with Gasteiger partial charge >= 0.3 is 0 Å². The lowest BCUT2D eigenvalue weighted by Gasteiger charge is -2.23. The maximum Gasteiger partial charge on any atom is 0.246 e. The van der Waals surface area contributed by atoms with Gasteiger partial charge in [-0.25, -0.2) is 0 Å². The number of aliphatic hydroxyl groups is 1. The number of amides is 1. The van der Waals surface area contributed by atoms with Gasteiger partial charge in [0.2, 0.25) is 5.91 Å². The number of rotatable bonds is 9. The van der Waals surface area contributed by atoms with E-state index in [-0.39, 0.29) is 24.5 Å². The molecule has 5 nitrogen and oxygen atoms in total. The number of carbonyl (C=O) groups is 1. The molecule has 0 aromatic heterocycles. The van der Waals surface area contributed by atoms with Crippen molar-refractivity contribution in [2.24, 2.45) is 5.41 Å². The van der Waals surface area contributed by atoms with Crippen molar-refractivity contribution in [3.8, 4) is 0 Å². The van der Waals surface area contributed by atoms with Crippen molar-refractivity contribution in [1.82, 2.24) is 5.32 Å². The van der Waals surface area contributed by atoms with Gasteiger partial charge in [-0.2, -0.15) is 0 Å². The van der Waals surface area contributed by atoms with Crippen LogP contribution in [0.15, 0.2) is 0 Å². The fraction of sp³-hybridized carbons (Fsp3) is 0.909. The van der Waals surface area contributed by atoms with Crippen LogP contribution in [-0.2, 0) is 14.3 Å². The van der Waals surface area contributed by atoms with Crippen molar-refractivity contribution in [3.63, 3.8) is 0 Å². The van der Waals surface area contributed by atoms with E-state index >= 15 is 0 Å². The molecule has 0 heterocycles. The van der Waals surface area contributed by atoms with E-state index < -0.39 is 0 Å². The molecule has 0 saturated heterocycles. The minimum absolute atomic E-state index is 0.0541. The molecule has 0 atom stereocenters. The number of hydrogen-bond acceptors (Lipinski definition) is 4. The summed E-state index contributed by atoms with van der Waals surface area (Å²) in [6.07, 6.45) is 0.664. The first-order valence-corrected chi connectivity index (χ1v) is 5.46. The summed E-state index contributed by atoms with van der Waals surface area (Å²) in [6.45, 7) is 5.63. The van der Waals surface area contributed by atoms with Gasteiger partial charge in [0, 0.05) is 20.3 Å². The second-order valence-corrected chi connectivity index (χ2v) is 4.46. The molecule has 0 spiro atoms. The van der Waals surface area contributed by atoms with E-state index in [1.165, 1.54) is 0 Å². The lowest BCUT2D eigenvalue weighted by Crippen LogP contribution is -2.36. The highest BCUT2D eigenvalue weighted by Crippen LogP contribution is 2.17. The number of ether oxygens (including phenoxy) is 2. The van der Waals surface area contributed by atoms with Crippen LogP contribution in [0.25, 0.3) is 0 Å². The van der Waals surface area contributed by atoms with Crippen LogP contribution in [0.1, 0.15) is 20.3 Å². The van der Waals surface area contributed by atoms with E-state index in [1.54, 1.807) is 7.11 Å². The molecule has 16 heavy (non-hydrogen) atoms. The molecule has 0 aromatic carbocycles. The second-order valence-electron chi connectivity index (χ2n) is 4.46. The molecular weight excluding hydrogens is 210 g/mol. The largest absolute Gasteiger partial charge is 0.396 e. The maximum absolute atomic E-state index is 11.3. The molecule has 1 amide bonds. The van der Waals surface area contributed by atoms with Gasteiger partial charge in [-0.1, -0.05) is 13.8 Å². The standard InChI is InChI=1S/C11H23NO4/c1-11(2,4-5-13)9-12-10(14)8-16-7-6-15-3/h13H,4-9H2,1-3H3,(H,12,14). The average molecular weight is 233 g/mol. The summed E-state index contributed by atoms with van der Waals surface area (Å²) < 4.78 is 9.86. The summed E-state index contributed by atoms with van der Waals surface area (Å²) in [5.74, 6) is -0.137. The van der Waals surface area contributed by atoms with Crippen molar-refractivity contribution >= 4 is 5.91 Å². The molecule has 0 rings (SSSR count). The number of carbonyl (C=O) groups excluding carboxylic acids is 1. The van der Waals surface area contributed by atoms with Gasteiger partial charge in [-0.15, -0.1) is 0 Å². The Kier molecular flexibility index (Phi) is 8.15. The summed E-state index contributed by atoms with van der Waals surface area (Å²) in [7, 11) is 1.58. The summed E-state index contributed by atoms with van der Waals surface area (Å²) in [6, 6.07) is 0. The van der Waals surface area contributed by atoms with Crippen LogP contribution in [0, 0.1) is 5.41 Å². The molecule has 96 valence electrons. The van der Waals surface area contributed by atoms with Gasteiger partial charge in [0.1, 0.15) is 6.61 Å². The normalized spacial score (nSPS) is 11.5. The molecule has 0 aliphatic rings. The van der Waals surface area contributed by atoms with Crippen LogP contribution in [0.5, 0.6) is 0 Å². The lowest BCUT2D eigenvalue weighted by molar-refractivity contribution is -0.126. The Hall–Kier alpha value is -0.650. The maximum atomic E-state index is 11.3. The van der Waals surface area contributed by atoms with Crippen LogP contribution >= 0.6 is 0 Å². The number of nitrogens with one attached hydrogen (secondary N) is 1. The van der Waals surface area contributed by atoms with E-state index in [2.05, 4.69) is 5.32 Å². The predicted molar refractivity (Wildman–Crippen MR) is 61.2 cm³/mol. The Balaban J connectivity index is 3.56. The van der Waals surface area contributed by atoms with Gasteiger partial charge in [-0.05, 0) is 11.8 Å². The smallest absolute Gasteiger partial charge is 0.246 e. The van der Waals surface area contributed by atoms with E-state index in [1.807, 2.05) is 13.8 Å². The molecule has 2 N–H and O–H groups in total. The molecule has 0 aliphatic carbocycles. The van der Waals surface area contributed by atoms with Crippen molar-refractivity contribution in [2.45, 2.75) is 20.3 Å². The summed E-state index contributed by atoms with van der Waals surface area (Å²) >= 11 is 0. The number of methoxy groups -OCH3 is 1. The minimum atomic E-state index is -0.137. The highest BCUT2D eigenvalue weighted by molar-refractivity contribution is 5.77. The Labute approximate surface area is 97.1 Å². The molecule has 0 bridgehead atoms. The molecule has 0 radical (unpaired) electrons. The monoisotopic (exact) mass is 233 g/mol. The quantitative estimate of drug-likeness (QED) is 0.557. The Morgan fingerprint density at radius 3 is 2.62 bits per heavy atom. The summed E-state index contributed by atoms with van der Waals surface area (Å²) in [4.78, 5) is 11.3. The van der Waals surface area contributed by atoms with Gasteiger partial charge < -0.3 is 19.9 Å². The third-order valence-corrected chi connectivity index (χ3v) is 2.22. The summed E-state index contributed by atoms with van der Waals surface area (Å²) in [5.41, 5.74) is -0.0864. The van der Waals surface area contributed by atoms with E-state index in [4.69, 9.17) is 14.6 Å². The zero-order chi connectivity index (χ0) is 12.4. The first-order chi connectivity index (χ1) is 7.52. The topological polar surface area (TPSA) is 67.8 Å². The zero-order valence-corrected chi connectivity index (χ0v) is 10.4.